The number of esters is 1. The fourth-order valence-electron chi connectivity index (χ4n) is 4.03. The lowest BCUT2D eigenvalue weighted by atomic mass is 10.0. The number of ether oxygens (including phenoxy) is 1. The lowest BCUT2D eigenvalue weighted by Gasteiger charge is -2.07. The van der Waals surface area contributed by atoms with Crippen LogP contribution in [0, 0.1) is 0 Å². The molecule has 0 spiro atoms. The van der Waals surface area contributed by atoms with Crippen LogP contribution < -0.4 is 5.32 Å². The Bertz CT molecular complexity index is 783. The minimum atomic E-state index is -0.325. The number of nitrogens with one attached hydrogen (secondary N) is 1. The Morgan fingerprint density at radius 2 is 1.29 bits per heavy atom. The maximum atomic E-state index is 11.9. The van der Waals surface area contributed by atoms with Crippen molar-refractivity contribution >= 4 is 17.7 Å². The van der Waals surface area contributed by atoms with E-state index in [2.05, 4.69) is 24.4 Å². The van der Waals surface area contributed by atoms with E-state index < -0.39 is 0 Å². The first-order chi connectivity index (χ1) is 16.8. The molecule has 2 rings (SSSR count). The summed E-state index contributed by atoms with van der Waals surface area (Å²) in [5, 5.41) is 3.50. The molecule has 3 heteroatoms. The Balaban J connectivity index is 1.45. The Kier molecular flexibility index (Phi) is 15.3. The summed E-state index contributed by atoms with van der Waals surface area (Å²) in [5.41, 5.74) is 3.11. The van der Waals surface area contributed by atoms with Gasteiger partial charge in [-0.1, -0.05) is 126 Å². The van der Waals surface area contributed by atoms with Crippen LogP contribution in [0.3, 0.4) is 0 Å². The van der Waals surface area contributed by atoms with E-state index in [1.54, 1.807) is 6.08 Å². The Labute approximate surface area is 208 Å². The lowest BCUT2D eigenvalue weighted by Crippen LogP contribution is -2.01. The molecular weight excluding hydrogens is 418 g/mol. The van der Waals surface area contributed by atoms with Gasteiger partial charge >= 0.3 is 5.97 Å². The van der Waals surface area contributed by atoms with Crippen molar-refractivity contribution < 1.29 is 9.53 Å². The highest BCUT2D eigenvalue weighted by molar-refractivity contribution is 5.87. The van der Waals surface area contributed by atoms with Gasteiger partial charge in [-0.2, -0.15) is 0 Å². The van der Waals surface area contributed by atoms with Crippen LogP contribution >= 0.6 is 0 Å². The molecule has 0 heterocycles. The van der Waals surface area contributed by atoms with E-state index in [9.17, 15) is 4.79 Å². The first-order valence-corrected chi connectivity index (χ1v) is 13.5. The molecule has 0 aliphatic heterocycles. The van der Waals surface area contributed by atoms with Crippen LogP contribution in [0.15, 0.2) is 60.7 Å². The molecule has 0 fully saturated rings. The van der Waals surface area contributed by atoms with Gasteiger partial charge in [0.1, 0.15) is 6.61 Å². The molecule has 2 aromatic carbocycles. The number of anilines is 1. The maximum Gasteiger partial charge on any atom is 0.331 e. The molecule has 0 aliphatic rings. The molecule has 1 N–H and O–H groups in total. The molecule has 0 saturated carbocycles. The van der Waals surface area contributed by atoms with Crippen molar-refractivity contribution in [2.24, 2.45) is 0 Å². The van der Waals surface area contributed by atoms with Gasteiger partial charge in [0.2, 0.25) is 0 Å². The molecule has 0 radical (unpaired) electrons. The standard InChI is InChI=1S/C31H45NO2/c1-2-3-4-5-6-7-8-9-10-11-12-13-17-26-32-30-23-20-28(21-24-30)22-25-31(33)34-27-29-18-15-14-16-19-29/h14-16,18-25,32H,2-13,17,26-27H2,1H3. The number of hydrogen-bond acceptors (Lipinski definition) is 3. The van der Waals surface area contributed by atoms with Gasteiger partial charge in [0, 0.05) is 18.3 Å². The highest BCUT2D eigenvalue weighted by Crippen LogP contribution is 2.14. The van der Waals surface area contributed by atoms with Gasteiger partial charge in [-0.15, -0.1) is 0 Å². The van der Waals surface area contributed by atoms with Gasteiger partial charge in [-0.3, -0.25) is 0 Å². The van der Waals surface area contributed by atoms with Crippen molar-refractivity contribution in [2.75, 3.05) is 11.9 Å². The molecule has 0 saturated heterocycles. The van der Waals surface area contributed by atoms with E-state index in [-0.39, 0.29) is 5.97 Å². The molecule has 34 heavy (non-hydrogen) atoms. The van der Waals surface area contributed by atoms with Crippen LogP contribution in [0.2, 0.25) is 0 Å². The van der Waals surface area contributed by atoms with Gasteiger partial charge in [-0.05, 0) is 35.8 Å². The van der Waals surface area contributed by atoms with Gasteiger partial charge in [-0.25, -0.2) is 4.79 Å². The Hall–Kier alpha value is -2.55. The summed E-state index contributed by atoms with van der Waals surface area (Å²) < 4.78 is 5.27. The van der Waals surface area contributed by atoms with Crippen molar-refractivity contribution in [2.45, 2.75) is 97.0 Å². The van der Waals surface area contributed by atoms with E-state index in [1.165, 1.54) is 89.5 Å². The van der Waals surface area contributed by atoms with Crippen molar-refractivity contribution in [3.05, 3.63) is 71.8 Å². The summed E-state index contributed by atoms with van der Waals surface area (Å²) in [4.78, 5) is 11.9. The highest BCUT2D eigenvalue weighted by Gasteiger charge is 1.99. The second-order valence-electron chi connectivity index (χ2n) is 9.22. The summed E-state index contributed by atoms with van der Waals surface area (Å²) >= 11 is 0. The zero-order chi connectivity index (χ0) is 24.1. The van der Waals surface area contributed by atoms with Crippen LogP contribution in [0.4, 0.5) is 5.69 Å². The van der Waals surface area contributed by atoms with Crippen LogP contribution in [0.25, 0.3) is 6.08 Å². The zero-order valence-electron chi connectivity index (χ0n) is 21.3. The topological polar surface area (TPSA) is 38.3 Å². The van der Waals surface area contributed by atoms with Crippen molar-refractivity contribution in [3.8, 4) is 0 Å². The first kappa shape index (κ1) is 27.7. The average molecular weight is 464 g/mol. The number of carbonyl (C=O) groups is 1. The van der Waals surface area contributed by atoms with E-state index in [0.29, 0.717) is 6.61 Å². The number of benzene rings is 2. The fourth-order valence-corrected chi connectivity index (χ4v) is 4.03. The van der Waals surface area contributed by atoms with E-state index in [1.807, 2.05) is 42.5 Å². The number of unbranched alkanes of at least 4 members (excludes halogenated alkanes) is 12. The summed E-state index contributed by atoms with van der Waals surface area (Å²) in [5.74, 6) is -0.325. The van der Waals surface area contributed by atoms with Crippen LogP contribution in [-0.4, -0.2) is 12.5 Å². The molecule has 0 aliphatic carbocycles. The molecule has 3 nitrogen and oxygen atoms in total. The van der Waals surface area contributed by atoms with E-state index >= 15 is 0 Å². The number of hydrogen-bond donors (Lipinski definition) is 1. The third-order valence-electron chi connectivity index (χ3n) is 6.16. The van der Waals surface area contributed by atoms with E-state index in [4.69, 9.17) is 4.74 Å². The van der Waals surface area contributed by atoms with Crippen LogP contribution in [0.5, 0.6) is 0 Å². The lowest BCUT2D eigenvalue weighted by molar-refractivity contribution is -0.138. The van der Waals surface area contributed by atoms with Crippen molar-refractivity contribution in [1.82, 2.24) is 0 Å². The van der Waals surface area contributed by atoms with Crippen LogP contribution in [0.1, 0.15) is 102 Å². The molecule has 186 valence electrons. The van der Waals surface area contributed by atoms with Crippen molar-refractivity contribution in [3.63, 3.8) is 0 Å². The molecule has 0 aromatic heterocycles. The smallest absolute Gasteiger partial charge is 0.331 e. The molecule has 2 aromatic rings. The van der Waals surface area contributed by atoms with E-state index in [0.717, 1.165) is 23.4 Å². The SMILES string of the molecule is CCCCCCCCCCCCCCCNc1ccc(C=CC(=O)OCc2ccccc2)cc1. The van der Waals surface area contributed by atoms with Crippen LogP contribution in [-0.2, 0) is 16.1 Å². The zero-order valence-corrected chi connectivity index (χ0v) is 21.3. The average Bonchev–Trinajstić information content (AvgIpc) is 2.87. The third kappa shape index (κ3) is 13.9. The second-order valence-corrected chi connectivity index (χ2v) is 9.22. The van der Waals surface area contributed by atoms with Gasteiger partial charge < -0.3 is 10.1 Å². The maximum absolute atomic E-state index is 11.9. The number of carbonyl (C=O) groups excluding carboxylic acids is 1. The second kappa shape index (κ2) is 18.8. The monoisotopic (exact) mass is 463 g/mol. The minimum Gasteiger partial charge on any atom is -0.458 e. The Morgan fingerprint density at radius 1 is 0.735 bits per heavy atom. The predicted octanol–water partition coefficient (Wildman–Crippen LogP) is 8.95. The highest BCUT2D eigenvalue weighted by atomic mass is 16.5. The quantitative estimate of drug-likeness (QED) is 0.128. The minimum absolute atomic E-state index is 0.298. The first-order valence-electron chi connectivity index (χ1n) is 13.5. The van der Waals surface area contributed by atoms with Gasteiger partial charge in [0.25, 0.3) is 0 Å². The molecule has 0 bridgehead atoms. The summed E-state index contributed by atoms with van der Waals surface area (Å²) in [6.45, 7) is 3.59. The summed E-state index contributed by atoms with van der Waals surface area (Å²) in [6, 6.07) is 17.9. The fraction of sp³-hybridized carbons (Fsp3) is 0.516. The molecule has 0 amide bonds. The summed E-state index contributed by atoms with van der Waals surface area (Å²) in [7, 11) is 0. The molecule has 0 atom stereocenters. The predicted molar refractivity (Wildman–Crippen MR) is 146 cm³/mol. The molecule has 0 unspecified atom stereocenters. The number of rotatable bonds is 19. The third-order valence-corrected chi connectivity index (χ3v) is 6.16. The van der Waals surface area contributed by atoms with Gasteiger partial charge in [0.15, 0.2) is 0 Å². The van der Waals surface area contributed by atoms with Crippen molar-refractivity contribution in [1.29, 1.82) is 0 Å². The molecular formula is C31H45NO2. The Morgan fingerprint density at radius 3 is 1.88 bits per heavy atom. The normalized spacial score (nSPS) is 11.1. The largest absolute Gasteiger partial charge is 0.458 e. The van der Waals surface area contributed by atoms with Gasteiger partial charge in [0.05, 0.1) is 0 Å². The summed E-state index contributed by atoms with van der Waals surface area (Å²) in [6.07, 6.45) is 21.2.